The summed E-state index contributed by atoms with van der Waals surface area (Å²) in [6, 6.07) is 0. The number of unbranched alkanes of at least 4 members (excludes halogenated alkanes) is 2. The normalized spacial score (nSPS) is 31.5. The minimum Gasteiger partial charge on any atom is -0.317 e. The van der Waals surface area contributed by atoms with E-state index in [9.17, 15) is 0 Å². The fraction of sp³-hybridized carbons (Fsp3) is 0.946. The van der Waals surface area contributed by atoms with E-state index in [-0.39, 0.29) is 0 Å². The maximum atomic E-state index is 3.76. The number of halogens is 1. The summed E-state index contributed by atoms with van der Waals surface area (Å²) in [6.45, 7) is 12.3. The van der Waals surface area contributed by atoms with Crippen molar-refractivity contribution < 1.29 is 0 Å². The van der Waals surface area contributed by atoms with Gasteiger partial charge in [0.25, 0.3) is 0 Å². The summed E-state index contributed by atoms with van der Waals surface area (Å²) >= 11 is 2.89. The molecule has 1 saturated heterocycles. The summed E-state index contributed by atoms with van der Waals surface area (Å²) < 4.78 is 0.870. The molecule has 6 unspecified atom stereocenters. The van der Waals surface area contributed by atoms with Gasteiger partial charge in [-0.2, -0.15) is 0 Å². The van der Waals surface area contributed by atoms with E-state index in [1.165, 1.54) is 148 Å². The van der Waals surface area contributed by atoms with Crippen LogP contribution in [0.25, 0.3) is 0 Å². The summed E-state index contributed by atoms with van der Waals surface area (Å²) in [6.07, 6.45) is 31.9. The third kappa shape index (κ3) is 13.8. The lowest BCUT2D eigenvalue weighted by Gasteiger charge is -2.41. The van der Waals surface area contributed by atoms with Gasteiger partial charge in [-0.05, 0) is 106 Å². The minimum atomic E-state index is 0.577. The Kier molecular flexibility index (Phi) is 19.9. The maximum absolute atomic E-state index is 3.76. The molecule has 0 radical (unpaired) electrons. The molecule has 2 bridgehead atoms. The Morgan fingerprint density at radius 2 is 1.51 bits per heavy atom. The third-order valence-electron chi connectivity index (χ3n) is 11.0. The predicted octanol–water partition coefficient (Wildman–Crippen LogP) is 11.9. The zero-order chi connectivity index (χ0) is 28.2. The van der Waals surface area contributed by atoms with Crippen LogP contribution in [0.1, 0.15) is 175 Å². The third-order valence-corrected chi connectivity index (χ3v) is 12.6. The van der Waals surface area contributed by atoms with Crippen LogP contribution in [0, 0.1) is 40.9 Å². The molecule has 0 amide bonds. The van der Waals surface area contributed by atoms with Gasteiger partial charge in [-0.15, -0.1) is 11.8 Å². The Hall–Kier alpha value is 0.250. The average Bonchev–Trinajstić information content (AvgIpc) is 2.93. The van der Waals surface area contributed by atoms with Crippen molar-refractivity contribution in [3.63, 3.8) is 0 Å². The minimum absolute atomic E-state index is 0.577. The summed E-state index contributed by atoms with van der Waals surface area (Å²) in [5, 5.41) is 3.76. The zero-order valence-electron chi connectivity index (χ0n) is 26.9. The lowest BCUT2D eigenvalue weighted by molar-refractivity contribution is 0.104. The van der Waals surface area contributed by atoms with Gasteiger partial charge < -0.3 is 5.32 Å². The van der Waals surface area contributed by atoms with Crippen molar-refractivity contribution >= 4 is 22.6 Å². The Bertz CT molecular complexity index is 650. The van der Waals surface area contributed by atoms with Crippen molar-refractivity contribution in [3.8, 4) is 11.8 Å². The summed E-state index contributed by atoms with van der Waals surface area (Å²) in [5.74, 6) is 10.7. The molecule has 2 fully saturated rings. The Balaban J connectivity index is 2.20. The van der Waals surface area contributed by atoms with Crippen LogP contribution in [0.4, 0.5) is 0 Å². The van der Waals surface area contributed by atoms with E-state index in [2.05, 4.69) is 67.4 Å². The number of hydrogen-bond acceptors (Lipinski definition) is 1. The number of rotatable bonds is 8. The van der Waals surface area contributed by atoms with Crippen molar-refractivity contribution in [2.24, 2.45) is 29.1 Å². The first kappa shape index (κ1) is 35.4. The van der Waals surface area contributed by atoms with Gasteiger partial charge in [-0.25, -0.2) is 0 Å². The lowest BCUT2D eigenvalue weighted by atomic mass is 9.65. The number of fused-ring (bicyclic) bond motifs is 4. The first-order valence-electron chi connectivity index (χ1n) is 17.9. The lowest BCUT2D eigenvalue weighted by Crippen LogP contribution is -2.30. The molecular formula is C37H68IN. The van der Waals surface area contributed by atoms with Gasteiger partial charge in [0.1, 0.15) is 0 Å². The molecule has 1 aliphatic carbocycles. The van der Waals surface area contributed by atoms with Crippen molar-refractivity contribution in [2.75, 3.05) is 13.1 Å². The maximum Gasteiger partial charge on any atom is 0.0138 e. The van der Waals surface area contributed by atoms with E-state index < -0.39 is 0 Å². The molecule has 39 heavy (non-hydrogen) atoms. The summed E-state index contributed by atoms with van der Waals surface area (Å²) in [7, 11) is 0. The monoisotopic (exact) mass is 653 g/mol. The van der Waals surface area contributed by atoms with Gasteiger partial charge in [0.2, 0.25) is 0 Å². The highest BCUT2D eigenvalue weighted by Crippen LogP contribution is 2.46. The molecule has 2 heteroatoms. The first-order chi connectivity index (χ1) is 19.1. The molecule has 6 atom stereocenters. The smallest absolute Gasteiger partial charge is 0.0138 e. The second kappa shape index (κ2) is 21.9. The highest BCUT2D eigenvalue weighted by molar-refractivity contribution is 14.1. The molecule has 2 aliphatic rings. The Labute approximate surface area is 260 Å². The SMILES string of the molecule is CCCCC#CCCC(CCC)C1CCCC(C)C2(CC)CCCCNCCCCCC(I)C(CCC2)CC1. The molecule has 1 nitrogen and oxygen atoms in total. The molecule has 228 valence electrons. The molecule has 1 saturated carbocycles. The zero-order valence-corrected chi connectivity index (χ0v) is 29.1. The molecule has 2 rings (SSSR count). The van der Waals surface area contributed by atoms with Crippen LogP contribution in [-0.4, -0.2) is 17.0 Å². The van der Waals surface area contributed by atoms with Gasteiger partial charge in [0.15, 0.2) is 0 Å². The topological polar surface area (TPSA) is 12.0 Å². The second-order valence-corrected chi connectivity index (χ2v) is 15.3. The van der Waals surface area contributed by atoms with Gasteiger partial charge in [-0.1, -0.05) is 121 Å². The molecule has 1 aliphatic heterocycles. The summed E-state index contributed by atoms with van der Waals surface area (Å²) in [5.41, 5.74) is 0.577. The molecule has 0 aromatic heterocycles. The van der Waals surface area contributed by atoms with Crippen LogP contribution in [-0.2, 0) is 0 Å². The Morgan fingerprint density at radius 3 is 2.28 bits per heavy atom. The summed E-state index contributed by atoms with van der Waals surface area (Å²) in [4.78, 5) is 0. The van der Waals surface area contributed by atoms with Gasteiger partial charge >= 0.3 is 0 Å². The van der Waals surface area contributed by atoms with Gasteiger partial charge in [-0.3, -0.25) is 0 Å². The quantitative estimate of drug-likeness (QED) is 0.119. The number of nitrogens with one attached hydrogen (secondary N) is 1. The van der Waals surface area contributed by atoms with Gasteiger partial charge in [0.05, 0.1) is 0 Å². The van der Waals surface area contributed by atoms with Crippen LogP contribution >= 0.6 is 22.6 Å². The molecule has 0 aromatic carbocycles. The largest absolute Gasteiger partial charge is 0.317 e. The highest BCUT2D eigenvalue weighted by Gasteiger charge is 2.35. The molecular weight excluding hydrogens is 585 g/mol. The molecule has 0 aromatic rings. The van der Waals surface area contributed by atoms with Crippen LogP contribution in [0.5, 0.6) is 0 Å². The van der Waals surface area contributed by atoms with E-state index in [1.807, 2.05) is 0 Å². The van der Waals surface area contributed by atoms with E-state index in [1.54, 1.807) is 0 Å². The Morgan fingerprint density at radius 1 is 0.744 bits per heavy atom. The fourth-order valence-electron chi connectivity index (χ4n) is 8.12. The number of hydrogen-bond donors (Lipinski definition) is 1. The first-order valence-corrected chi connectivity index (χ1v) is 19.1. The van der Waals surface area contributed by atoms with Gasteiger partial charge in [0, 0.05) is 16.8 Å². The second-order valence-electron chi connectivity index (χ2n) is 13.7. The molecule has 1 heterocycles. The van der Waals surface area contributed by atoms with Crippen LogP contribution < -0.4 is 5.32 Å². The predicted molar refractivity (Wildman–Crippen MR) is 184 cm³/mol. The van der Waals surface area contributed by atoms with E-state index in [0.29, 0.717) is 5.41 Å². The number of alkyl halides is 1. The van der Waals surface area contributed by atoms with E-state index in [4.69, 9.17) is 0 Å². The fourth-order valence-corrected chi connectivity index (χ4v) is 9.28. The standard InChI is InChI=1S/C37H68IN/c1-5-8-9-10-11-13-22-33(20-6-2)34-23-18-21-32(4)37(7-3)28-15-17-31-39-30-16-12-14-25-36(38)35(27-26-34)24-19-29-37/h32-36,39H,5-9,12-31H2,1-4H3. The van der Waals surface area contributed by atoms with E-state index >= 15 is 0 Å². The van der Waals surface area contributed by atoms with Crippen molar-refractivity contribution in [1.82, 2.24) is 5.32 Å². The average molecular weight is 654 g/mol. The van der Waals surface area contributed by atoms with Crippen LogP contribution in [0.15, 0.2) is 0 Å². The van der Waals surface area contributed by atoms with Crippen molar-refractivity contribution in [1.29, 1.82) is 0 Å². The van der Waals surface area contributed by atoms with Crippen LogP contribution in [0.2, 0.25) is 0 Å². The highest BCUT2D eigenvalue weighted by atomic mass is 127. The molecule has 1 N–H and O–H groups in total. The van der Waals surface area contributed by atoms with E-state index in [0.717, 1.165) is 40.4 Å². The van der Waals surface area contributed by atoms with Crippen molar-refractivity contribution in [2.45, 2.75) is 179 Å². The van der Waals surface area contributed by atoms with Crippen LogP contribution in [0.3, 0.4) is 0 Å². The van der Waals surface area contributed by atoms with Crippen molar-refractivity contribution in [3.05, 3.63) is 0 Å². The molecule has 0 spiro atoms.